The largest absolute Gasteiger partial charge is 0.508 e. The van der Waals surface area contributed by atoms with Gasteiger partial charge < -0.3 is 34.6 Å². The number of aromatic hydroxyl groups is 3. The summed E-state index contributed by atoms with van der Waals surface area (Å²) < 4.78 is 18.1. The summed E-state index contributed by atoms with van der Waals surface area (Å²) in [6.45, 7) is 0. The van der Waals surface area contributed by atoms with Crippen LogP contribution in [0.1, 0.15) is 17.2 Å². The summed E-state index contributed by atoms with van der Waals surface area (Å²) in [7, 11) is 0. The first kappa shape index (κ1) is 15.0. The predicted octanol–water partition coefficient (Wildman–Crippen LogP) is 2.40. The van der Waals surface area contributed by atoms with E-state index in [0.717, 1.165) is 0 Å². The Kier molecular flexibility index (Phi) is 2.53. The zero-order chi connectivity index (χ0) is 18.5. The fourth-order valence-corrected chi connectivity index (χ4v) is 4.30. The van der Waals surface area contributed by atoms with Gasteiger partial charge in [-0.1, -0.05) is 12.1 Å². The second kappa shape index (κ2) is 4.57. The molecule has 4 atom stereocenters. The molecule has 3 aromatic rings. The summed E-state index contributed by atoms with van der Waals surface area (Å²) in [4.78, 5) is 0. The van der Waals surface area contributed by atoms with Crippen LogP contribution in [0.15, 0.2) is 42.5 Å². The van der Waals surface area contributed by atoms with Crippen molar-refractivity contribution in [2.45, 2.75) is 24.1 Å². The number of aliphatic hydroxyl groups excluding tert-OH is 1. The van der Waals surface area contributed by atoms with Gasteiger partial charge in [0, 0.05) is 10.9 Å². The van der Waals surface area contributed by atoms with Crippen molar-refractivity contribution < 1.29 is 34.6 Å². The Bertz CT molecular complexity index is 1130. The second-order valence-corrected chi connectivity index (χ2v) is 6.99. The SMILES string of the molecule is Oc1ccc(O)c2c1C(O)C1OC1C21Oc2cccc3c(O)ccc(c23)O1. The van der Waals surface area contributed by atoms with E-state index in [1.54, 1.807) is 24.3 Å². The quantitative estimate of drug-likeness (QED) is 0.357. The molecule has 0 amide bonds. The summed E-state index contributed by atoms with van der Waals surface area (Å²) in [5.74, 6) is -0.914. The van der Waals surface area contributed by atoms with Gasteiger partial charge in [-0.3, -0.25) is 0 Å². The van der Waals surface area contributed by atoms with Crippen molar-refractivity contribution in [3.8, 4) is 28.7 Å². The lowest BCUT2D eigenvalue weighted by Crippen LogP contribution is -2.50. The van der Waals surface area contributed by atoms with Crippen LogP contribution in [0.3, 0.4) is 0 Å². The molecule has 6 rings (SSSR count). The molecule has 7 heteroatoms. The van der Waals surface area contributed by atoms with Crippen LogP contribution in [-0.4, -0.2) is 32.6 Å². The number of phenols is 3. The highest BCUT2D eigenvalue weighted by atomic mass is 16.8. The minimum atomic E-state index is -1.56. The van der Waals surface area contributed by atoms with Gasteiger partial charge in [-0.05, 0) is 30.3 Å². The Hall–Kier alpha value is -3.16. The molecule has 3 aromatic carbocycles. The van der Waals surface area contributed by atoms with Crippen LogP contribution < -0.4 is 9.47 Å². The van der Waals surface area contributed by atoms with Crippen molar-refractivity contribution in [3.63, 3.8) is 0 Å². The maximum atomic E-state index is 10.6. The van der Waals surface area contributed by atoms with Crippen LogP contribution in [-0.2, 0) is 10.5 Å². The molecule has 1 saturated heterocycles. The number of benzene rings is 3. The number of fused-ring (bicyclic) bond motifs is 4. The molecule has 4 unspecified atom stereocenters. The standard InChI is InChI=1S/C20H14O7/c21-9-6-7-13-14-8(9)2-1-3-12(14)26-20(27-13)16-11(23)5-4-10(22)15(16)17(24)18-19(20)25-18/h1-7,17-19,21-24H. The molecule has 1 aliphatic carbocycles. The van der Waals surface area contributed by atoms with Gasteiger partial charge in [-0.2, -0.15) is 0 Å². The average Bonchev–Trinajstić information content (AvgIpc) is 3.47. The summed E-state index contributed by atoms with van der Waals surface area (Å²) in [5.41, 5.74) is 0.271. The molecule has 27 heavy (non-hydrogen) atoms. The maximum absolute atomic E-state index is 10.6. The smallest absolute Gasteiger partial charge is 0.311 e. The Morgan fingerprint density at radius 1 is 0.815 bits per heavy atom. The van der Waals surface area contributed by atoms with E-state index in [-0.39, 0.29) is 28.4 Å². The van der Waals surface area contributed by atoms with Crippen LogP contribution in [0, 0.1) is 0 Å². The minimum absolute atomic E-state index is 0.0965. The lowest BCUT2D eigenvalue weighted by Gasteiger charge is -2.41. The lowest BCUT2D eigenvalue weighted by atomic mass is 9.82. The van der Waals surface area contributed by atoms with Crippen molar-refractivity contribution in [2.24, 2.45) is 0 Å². The fraction of sp³-hybridized carbons (Fsp3) is 0.200. The molecule has 0 saturated carbocycles. The molecule has 1 spiro atoms. The first-order valence-electron chi connectivity index (χ1n) is 8.53. The van der Waals surface area contributed by atoms with Gasteiger partial charge >= 0.3 is 5.79 Å². The molecular formula is C20H14O7. The van der Waals surface area contributed by atoms with E-state index in [2.05, 4.69) is 0 Å². The van der Waals surface area contributed by atoms with Crippen molar-refractivity contribution in [1.82, 2.24) is 0 Å². The average molecular weight is 366 g/mol. The minimum Gasteiger partial charge on any atom is -0.508 e. The van der Waals surface area contributed by atoms with Crippen LogP contribution in [0.25, 0.3) is 10.8 Å². The van der Waals surface area contributed by atoms with Gasteiger partial charge in [0.05, 0.1) is 10.9 Å². The number of epoxide rings is 1. The van der Waals surface area contributed by atoms with Gasteiger partial charge in [0.15, 0.2) is 6.10 Å². The number of hydrogen-bond donors (Lipinski definition) is 4. The summed E-state index contributed by atoms with van der Waals surface area (Å²) >= 11 is 0. The molecule has 2 aliphatic heterocycles. The molecule has 1 fully saturated rings. The van der Waals surface area contributed by atoms with Crippen LogP contribution in [0.2, 0.25) is 0 Å². The van der Waals surface area contributed by atoms with Gasteiger partial charge in [-0.15, -0.1) is 0 Å². The first-order valence-corrected chi connectivity index (χ1v) is 8.53. The molecule has 136 valence electrons. The highest BCUT2D eigenvalue weighted by Gasteiger charge is 2.69. The normalized spacial score (nSPS) is 29.6. The number of rotatable bonds is 0. The Morgan fingerprint density at radius 3 is 2.33 bits per heavy atom. The van der Waals surface area contributed by atoms with Gasteiger partial charge in [0.2, 0.25) is 0 Å². The molecule has 7 nitrogen and oxygen atoms in total. The van der Waals surface area contributed by atoms with E-state index in [9.17, 15) is 20.4 Å². The van der Waals surface area contributed by atoms with Gasteiger partial charge in [-0.25, -0.2) is 0 Å². The summed E-state index contributed by atoms with van der Waals surface area (Å²) in [6.07, 6.45) is -2.39. The molecular weight excluding hydrogens is 352 g/mol. The van der Waals surface area contributed by atoms with Gasteiger partial charge in [0.1, 0.15) is 41.0 Å². The van der Waals surface area contributed by atoms with E-state index in [4.69, 9.17) is 14.2 Å². The van der Waals surface area contributed by atoms with E-state index < -0.39 is 24.1 Å². The molecule has 4 N–H and O–H groups in total. The van der Waals surface area contributed by atoms with Gasteiger partial charge in [0.25, 0.3) is 0 Å². The zero-order valence-corrected chi connectivity index (χ0v) is 13.8. The van der Waals surface area contributed by atoms with E-state index in [1.807, 2.05) is 0 Å². The Labute approximate surface area is 152 Å². The number of phenolic OH excluding ortho intramolecular Hbond substituents is 3. The number of aliphatic hydroxyl groups is 1. The second-order valence-electron chi connectivity index (χ2n) is 6.99. The maximum Gasteiger partial charge on any atom is 0.311 e. The van der Waals surface area contributed by atoms with Crippen molar-refractivity contribution >= 4 is 10.8 Å². The number of ether oxygens (including phenoxy) is 3. The zero-order valence-electron chi connectivity index (χ0n) is 13.8. The van der Waals surface area contributed by atoms with Crippen molar-refractivity contribution in [1.29, 1.82) is 0 Å². The molecule has 0 radical (unpaired) electrons. The van der Waals surface area contributed by atoms with E-state index in [1.165, 1.54) is 18.2 Å². The summed E-state index contributed by atoms with van der Waals surface area (Å²) in [5, 5.41) is 42.7. The molecule has 0 aromatic heterocycles. The highest BCUT2D eigenvalue weighted by Crippen LogP contribution is 2.61. The van der Waals surface area contributed by atoms with E-state index >= 15 is 0 Å². The first-order chi connectivity index (χ1) is 13.0. The third kappa shape index (κ3) is 1.68. The van der Waals surface area contributed by atoms with Crippen LogP contribution >= 0.6 is 0 Å². The molecule has 2 heterocycles. The van der Waals surface area contributed by atoms with Crippen LogP contribution in [0.4, 0.5) is 0 Å². The molecule has 3 aliphatic rings. The molecule has 0 bridgehead atoms. The predicted molar refractivity (Wildman–Crippen MR) is 91.9 cm³/mol. The fourth-order valence-electron chi connectivity index (χ4n) is 4.30. The van der Waals surface area contributed by atoms with Crippen LogP contribution in [0.5, 0.6) is 28.7 Å². The van der Waals surface area contributed by atoms with Crippen molar-refractivity contribution in [3.05, 3.63) is 53.6 Å². The lowest BCUT2D eigenvalue weighted by molar-refractivity contribution is -0.149. The topological polar surface area (TPSA) is 112 Å². The Balaban J connectivity index is 1.65. The third-order valence-corrected chi connectivity index (χ3v) is 5.52. The summed E-state index contributed by atoms with van der Waals surface area (Å²) in [6, 6.07) is 11.0. The third-order valence-electron chi connectivity index (χ3n) is 5.52. The Morgan fingerprint density at radius 2 is 1.52 bits per heavy atom. The van der Waals surface area contributed by atoms with E-state index in [0.29, 0.717) is 22.3 Å². The monoisotopic (exact) mass is 366 g/mol. The number of hydrogen-bond acceptors (Lipinski definition) is 7. The van der Waals surface area contributed by atoms with Crippen molar-refractivity contribution in [2.75, 3.05) is 0 Å². The highest BCUT2D eigenvalue weighted by molar-refractivity contribution is 5.98.